The van der Waals surface area contributed by atoms with E-state index in [1.165, 1.54) is 0 Å². The molecule has 0 saturated heterocycles. The molecule has 0 spiro atoms. The van der Waals surface area contributed by atoms with Crippen molar-refractivity contribution in [1.82, 2.24) is 5.32 Å². The Morgan fingerprint density at radius 2 is 1.74 bits per heavy atom. The van der Waals surface area contributed by atoms with Crippen LogP contribution in [0.4, 0.5) is 0 Å². The van der Waals surface area contributed by atoms with Crippen LogP contribution in [0.2, 0.25) is 0 Å². The highest BCUT2D eigenvalue weighted by Crippen LogP contribution is 2.30. The predicted molar refractivity (Wildman–Crippen MR) is 87.7 cm³/mol. The molecule has 1 saturated carbocycles. The standard InChI is InChI=1S/C18H27NO4/c1-11(2)17(22)18(23)19-13(10-12-6-4-3-5-7-12)16-14(20)8-9-15(16)21/h3-7,11,13-17,20-22H,8-10H2,1-2H3,(H,19,23)/t13-,14?,15?,16?,17-/m0/s1. The zero-order valence-corrected chi connectivity index (χ0v) is 13.7. The van der Waals surface area contributed by atoms with Gasteiger partial charge in [0.1, 0.15) is 6.10 Å². The molecular formula is C18H27NO4. The van der Waals surface area contributed by atoms with Gasteiger partial charge in [0.25, 0.3) is 0 Å². The number of hydrogen-bond donors (Lipinski definition) is 4. The molecule has 1 aromatic rings. The fraction of sp³-hybridized carbons (Fsp3) is 0.611. The first-order chi connectivity index (χ1) is 10.9. The molecule has 2 rings (SSSR count). The summed E-state index contributed by atoms with van der Waals surface area (Å²) in [5.74, 6) is -1.06. The first kappa shape index (κ1) is 17.9. The van der Waals surface area contributed by atoms with Crippen LogP contribution in [0.1, 0.15) is 32.3 Å². The number of hydrogen-bond acceptors (Lipinski definition) is 4. The van der Waals surface area contributed by atoms with Gasteiger partial charge in [-0.1, -0.05) is 44.2 Å². The number of rotatable bonds is 6. The van der Waals surface area contributed by atoms with Crippen LogP contribution in [-0.4, -0.2) is 45.6 Å². The lowest BCUT2D eigenvalue weighted by Crippen LogP contribution is -2.51. The quantitative estimate of drug-likeness (QED) is 0.626. The van der Waals surface area contributed by atoms with Gasteiger partial charge in [-0.15, -0.1) is 0 Å². The second-order valence-corrected chi connectivity index (χ2v) is 6.78. The van der Waals surface area contributed by atoms with Crippen LogP contribution < -0.4 is 5.32 Å². The molecule has 5 nitrogen and oxygen atoms in total. The molecule has 5 heteroatoms. The minimum Gasteiger partial charge on any atom is -0.393 e. The van der Waals surface area contributed by atoms with Crippen LogP contribution in [0.3, 0.4) is 0 Å². The average molecular weight is 321 g/mol. The van der Waals surface area contributed by atoms with E-state index in [9.17, 15) is 20.1 Å². The lowest BCUT2D eigenvalue weighted by atomic mass is 9.88. The van der Waals surface area contributed by atoms with Crippen molar-refractivity contribution in [2.24, 2.45) is 11.8 Å². The van der Waals surface area contributed by atoms with Gasteiger partial charge in [0.05, 0.1) is 12.2 Å². The molecule has 4 N–H and O–H groups in total. The third-order valence-electron chi connectivity index (χ3n) is 4.64. The minimum atomic E-state index is -1.09. The number of aliphatic hydroxyl groups is 3. The lowest BCUT2D eigenvalue weighted by molar-refractivity contribution is -0.133. The summed E-state index contributed by atoms with van der Waals surface area (Å²) in [5, 5.41) is 33.2. The second kappa shape index (κ2) is 7.90. The number of aliphatic hydroxyl groups excluding tert-OH is 3. The predicted octanol–water partition coefficient (Wildman–Crippen LogP) is 0.863. The molecule has 1 fully saturated rings. The molecule has 128 valence electrons. The van der Waals surface area contributed by atoms with Crippen molar-refractivity contribution in [3.63, 3.8) is 0 Å². The summed E-state index contributed by atoms with van der Waals surface area (Å²) >= 11 is 0. The van der Waals surface area contributed by atoms with Gasteiger partial charge in [-0.3, -0.25) is 4.79 Å². The zero-order valence-electron chi connectivity index (χ0n) is 13.7. The van der Waals surface area contributed by atoms with Gasteiger partial charge in [0.2, 0.25) is 5.91 Å². The normalized spacial score (nSPS) is 27.0. The number of carbonyl (C=O) groups excluding carboxylic acids is 1. The molecule has 0 aliphatic heterocycles. The van der Waals surface area contributed by atoms with Gasteiger partial charge in [-0.25, -0.2) is 0 Å². The first-order valence-electron chi connectivity index (χ1n) is 8.28. The molecule has 2 unspecified atom stereocenters. The Hall–Kier alpha value is -1.43. The Morgan fingerprint density at radius 3 is 2.26 bits per heavy atom. The van der Waals surface area contributed by atoms with Crippen molar-refractivity contribution in [2.45, 2.75) is 57.5 Å². The highest BCUT2D eigenvalue weighted by atomic mass is 16.3. The molecule has 0 radical (unpaired) electrons. The van der Waals surface area contributed by atoms with E-state index in [4.69, 9.17) is 0 Å². The Kier molecular flexibility index (Phi) is 6.16. The van der Waals surface area contributed by atoms with E-state index < -0.39 is 36.2 Å². The number of amides is 1. The van der Waals surface area contributed by atoms with Crippen LogP contribution in [0.15, 0.2) is 30.3 Å². The summed E-state index contributed by atoms with van der Waals surface area (Å²) < 4.78 is 0. The van der Waals surface area contributed by atoms with Crippen molar-refractivity contribution in [3.8, 4) is 0 Å². The van der Waals surface area contributed by atoms with Gasteiger partial charge in [0, 0.05) is 12.0 Å². The Morgan fingerprint density at radius 1 is 1.17 bits per heavy atom. The van der Waals surface area contributed by atoms with Crippen LogP contribution in [0.5, 0.6) is 0 Å². The topological polar surface area (TPSA) is 89.8 Å². The largest absolute Gasteiger partial charge is 0.393 e. The maximum atomic E-state index is 12.2. The van der Waals surface area contributed by atoms with Crippen molar-refractivity contribution < 1.29 is 20.1 Å². The summed E-state index contributed by atoms with van der Waals surface area (Å²) in [6.07, 6.45) is -0.815. The van der Waals surface area contributed by atoms with Gasteiger partial charge in [0.15, 0.2) is 0 Å². The monoisotopic (exact) mass is 321 g/mol. The summed E-state index contributed by atoms with van der Waals surface area (Å²) in [4.78, 5) is 12.2. The molecule has 1 aliphatic carbocycles. The first-order valence-corrected chi connectivity index (χ1v) is 8.28. The summed E-state index contributed by atoms with van der Waals surface area (Å²) in [5.41, 5.74) is 1.02. The summed E-state index contributed by atoms with van der Waals surface area (Å²) in [7, 11) is 0. The van der Waals surface area contributed by atoms with E-state index in [2.05, 4.69) is 5.32 Å². The van der Waals surface area contributed by atoms with E-state index >= 15 is 0 Å². The molecule has 0 heterocycles. The fourth-order valence-corrected chi connectivity index (χ4v) is 3.24. The highest BCUT2D eigenvalue weighted by Gasteiger charge is 2.40. The van der Waals surface area contributed by atoms with Crippen molar-refractivity contribution in [2.75, 3.05) is 0 Å². The number of benzene rings is 1. The molecule has 1 amide bonds. The minimum absolute atomic E-state index is 0.189. The van der Waals surface area contributed by atoms with Crippen molar-refractivity contribution in [1.29, 1.82) is 0 Å². The van der Waals surface area contributed by atoms with Crippen molar-refractivity contribution >= 4 is 5.91 Å². The third-order valence-corrected chi connectivity index (χ3v) is 4.64. The van der Waals surface area contributed by atoms with Crippen LogP contribution in [0.25, 0.3) is 0 Å². The number of carbonyl (C=O) groups is 1. The Bertz CT molecular complexity index is 495. The SMILES string of the molecule is CC(C)[C@H](O)C(=O)N[C@@H](Cc1ccccc1)C1C(O)CCC1O. The summed E-state index contributed by atoms with van der Waals surface area (Å²) in [6, 6.07) is 9.24. The Balaban J connectivity index is 2.16. The molecule has 0 aromatic heterocycles. The van der Waals surface area contributed by atoms with E-state index in [-0.39, 0.29) is 5.92 Å². The van der Waals surface area contributed by atoms with Gasteiger partial charge in [-0.05, 0) is 30.7 Å². The van der Waals surface area contributed by atoms with Crippen LogP contribution in [-0.2, 0) is 11.2 Å². The maximum absolute atomic E-state index is 12.2. The fourth-order valence-electron chi connectivity index (χ4n) is 3.24. The smallest absolute Gasteiger partial charge is 0.249 e. The lowest BCUT2D eigenvalue weighted by Gasteiger charge is -2.31. The van der Waals surface area contributed by atoms with Crippen molar-refractivity contribution in [3.05, 3.63) is 35.9 Å². The Labute approximate surface area is 137 Å². The van der Waals surface area contributed by atoms with Gasteiger partial charge < -0.3 is 20.6 Å². The molecule has 0 bridgehead atoms. The summed E-state index contributed by atoms with van der Waals surface area (Å²) in [6.45, 7) is 3.55. The highest BCUT2D eigenvalue weighted by molar-refractivity contribution is 5.81. The van der Waals surface area contributed by atoms with E-state index in [0.29, 0.717) is 19.3 Å². The van der Waals surface area contributed by atoms with Gasteiger partial charge >= 0.3 is 0 Å². The average Bonchev–Trinajstić information content (AvgIpc) is 2.85. The number of nitrogens with one attached hydrogen (secondary N) is 1. The maximum Gasteiger partial charge on any atom is 0.249 e. The van der Waals surface area contributed by atoms with E-state index in [1.54, 1.807) is 13.8 Å². The van der Waals surface area contributed by atoms with Crippen LogP contribution in [0, 0.1) is 11.8 Å². The molecular weight excluding hydrogens is 294 g/mol. The van der Waals surface area contributed by atoms with E-state index in [1.807, 2.05) is 30.3 Å². The molecule has 1 aliphatic rings. The second-order valence-electron chi connectivity index (χ2n) is 6.78. The van der Waals surface area contributed by atoms with E-state index in [0.717, 1.165) is 5.56 Å². The molecule has 4 atom stereocenters. The van der Waals surface area contributed by atoms with Crippen LogP contribution >= 0.6 is 0 Å². The van der Waals surface area contributed by atoms with Gasteiger partial charge in [-0.2, -0.15) is 0 Å². The molecule has 23 heavy (non-hydrogen) atoms. The molecule has 1 aromatic carbocycles. The third kappa shape index (κ3) is 4.53. The zero-order chi connectivity index (χ0) is 17.0.